The Morgan fingerprint density at radius 3 is 2.52 bits per heavy atom. The van der Waals surface area contributed by atoms with Gasteiger partial charge in [-0.1, -0.05) is 25.5 Å². The number of unbranched alkanes of at least 4 members (excludes halogenated alkanes) is 1. The summed E-state index contributed by atoms with van der Waals surface area (Å²) in [5, 5.41) is 6.57. The molecule has 0 aromatic heterocycles. The SMILES string of the molecule is CCCCOc1ccc(CCNC(=NCCOC)NCC)cc1. The topological polar surface area (TPSA) is 54.9 Å². The first-order valence-electron chi connectivity index (χ1n) is 8.53. The van der Waals surface area contributed by atoms with Crippen molar-refractivity contribution in [2.45, 2.75) is 33.1 Å². The molecule has 1 rings (SSSR count). The van der Waals surface area contributed by atoms with E-state index in [1.54, 1.807) is 7.11 Å². The van der Waals surface area contributed by atoms with Crippen LogP contribution in [0, 0.1) is 0 Å². The second-order valence-corrected chi connectivity index (χ2v) is 5.28. The Kier molecular flexibility index (Phi) is 10.7. The van der Waals surface area contributed by atoms with Crippen LogP contribution in [0.3, 0.4) is 0 Å². The first-order valence-corrected chi connectivity index (χ1v) is 8.53. The lowest BCUT2D eigenvalue weighted by Crippen LogP contribution is -2.38. The molecule has 0 aliphatic carbocycles. The molecule has 0 atom stereocenters. The van der Waals surface area contributed by atoms with Gasteiger partial charge < -0.3 is 20.1 Å². The molecule has 130 valence electrons. The summed E-state index contributed by atoms with van der Waals surface area (Å²) in [6, 6.07) is 8.33. The number of nitrogens with zero attached hydrogens (tertiary/aromatic N) is 1. The first-order chi connectivity index (χ1) is 11.3. The van der Waals surface area contributed by atoms with Gasteiger partial charge in [0.25, 0.3) is 0 Å². The van der Waals surface area contributed by atoms with Crippen LogP contribution in [0.15, 0.2) is 29.3 Å². The Morgan fingerprint density at radius 1 is 1.09 bits per heavy atom. The van der Waals surface area contributed by atoms with E-state index < -0.39 is 0 Å². The summed E-state index contributed by atoms with van der Waals surface area (Å²) in [6.07, 6.45) is 3.20. The van der Waals surface area contributed by atoms with Crippen molar-refractivity contribution in [1.82, 2.24) is 10.6 Å². The molecule has 0 aliphatic heterocycles. The second kappa shape index (κ2) is 12.8. The van der Waals surface area contributed by atoms with Crippen LogP contribution in [-0.2, 0) is 11.2 Å². The quantitative estimate of drug-likeness (QED) is 0.374. The van der Waals surface area contributed by atoms with Gasteiger partial charge in [-0.15, -0.1) is 0 Å². The number of rotatable bonds is 11. The maximum Gasteiger partial charge on any atom is 0.191 e. The van der Waals surface area contributed by atoms with Gasteiger partial charge in [-0.05, 0) is 37.5 Å². The molecule has 0 aliphatic rings. The van der Waals surface area contributed by atoms with Crippen LogP contribution in [0.4, 0.5) is 0 Å². The number of hydrogen-bond donors (Lipinski definition) is 2. The van der Waals surface area contributed by atoms with E-state index in [0.717, 1.165) is 50.7 Å². The summed E-state index contributed by atoms with van der Waals surface area (Å²) in [7, 11) is 1.69. The number of ether oxygens (including phenoxy) is 2. The normalized spacial score (nSPS) is 11.3. The van der Waals surface area contributed by atoms with Crippen LogP contribution in [0.1, 0.15) is 32.3 Å². The van der Waals surface area contributed by atoms with Crippen molar-refractivity contribution in [3.05, 3.63) is 29.8 Å². The van der Waals surface area contributed by atoms with E-state index in [1.807, 2.05) is 12.1 Å². The van der Waals surface area contributed by atoms with Crippen molar-refractivity contribution >= 4 is 5.96 Å². The van der Waals surface area contributed by atoms with E-state index in [0.29, 0.717) is 13.2 Å². The Labute approximate surface area is 140 Å². The standard InChI is InChI=1S/C18H31N3O2/c1-4-6-14-23-17-9-7-16(8-10-17)11-12-20-18(19-5-2)21-13-15-22-3/h7-10H,4-6,11-15H2,1-3H3,(H2,19,20,21). The van der Waals surface area contributed by atoms with Crippen LogP contribution in [0.2, 0.25) is 0 Å². The lowest BCUT2D eigenvalue weighted by Gasteiger charge is -2.11. The average Bonchev–Trinajstić information content (AvgIpc) is 2.57. The van der Waals surface area contributed by atoms with Gasteiger partial charge in [0, 0.05) is 20.2 Å². The highest BCUT2D eigenvalue weighted by Crippen LogP contribution is 2.12. The number of aliphatic imine (C=N–C) groups is 1. The summed E-state index contributed by atoms with van der Waals surface area (Å²) in [4.78, 5) is 4.44. The minimum absolute atomic E-state index is 0.635. The van der Waals surface area contributed by atoms with Crippen LogP contribution >= 0.6 is 0 Å². The van der Waals surface area contributed by atoms with Gasteiger partial charge in [0.2, 0.25) is 0 Å². The maximum absolute atomic E-state index is 5.67. The van der Waals surface area contributed by atoms with Crippen molar-refractivity contribution < 1.29 is 9.47 Å². The van der Waals surface area contributed by atoms with E-state index in [4.69, 9.17) is 9.47 Å². The van der Waals surface area contributed by atoms with Crippen LogP contribution in [0.25, 0.3) is 0 Å². The zero-order valence-electron chi connectivity index (χ0n) is 14.7. The average molecular weight is 321 g/mol. The number of nitrogens with one attached hydrogen (secondary N) is 2. The monoisotopic (exact) mass is 321 g/mol. The third kappa shape index (κ3) is 9.08. The molecule has 23 heavy (non-hydrogen) atoms. The number of guanidine groups is 1. The fourth-order valence-corrected chi connectivity index (χ4v) is 2.00. The highest BCUT2D eigenvalue weighted by atomic mass is 16.5. The second-order valence-electron chi connectivity index (χ2n) is 5.28. The smallest absolute Gasteiger partial charge is 0.191 e. The third-order valence-electron chi connectivity index (χ3n) is 3.31. The van der Waals surface area contributed by atoms with E-state index in [2.05, 4.69) is 41.6 Å². The highest BCUT2D eigenvalue weighted by molar-refractivity contribution is 5.79. The molecule has 0 fully saturated rings. The lowest BCUT2D eigenvalue weighted by atomic mass is 10.1. The van der Waals surface area contributed by atoms with Crippen molar-refractivity contribution in [2.24, 2.45) is 4.99 Å². The summed E-state index contributed by atoms with van der Waals surface area (Å²) >= 11 is 0. The van der Waals surface area contributed by atoms with Gasteiger partial charge in [-0.25, -0.2) is 0 Å². The van der Waals surface area contributed by atoms with Crippen molar-refractivity contribution in [1.29, 1.82) is 0 Å². The summed E-state index contributed by atoms with van der Waals surface area (Å²) in [5.41, 5.74) is 1.29. The van der Waals surface area contributed by atoms with Gasteiger partial charge in [-0.2, -0.15) is 0 Å². The molecule has 5 heteroatoms. The van der Waals surface area contributed by atoms with Crippen LogP contribution < -0.4 is 15.4 Å². The maximum atomic E-state index is 5.67. The number of hydrogen-bond acceptors (Lipinski definition) is 3. The minimum Gasteiger partial charge on any atom is -0.494 e. The predicted octanol–water partition coefficient (Wildman–Crippen LogP) is 2.61. The van der Waals surface area contributed by atoms with Crippen LogP contribution in [0.5, 0.6) is 5.75 Å². The summed E-state index contributed by atoms with van der Waals surface area (Å²) in [6.45, 7) is 8.01. The summed E-state index contributed by atoms with van der Waals surface area (Å²) in [5.74, 6) is 1.79. The molecule has 0 saturated heterocycles. The summed E-state index contributed by atoms with van der Waals surface area (Å²) < 4.78 is 10.7. The molecule has 0 spiro atoms. The molecular formula is C18H31N3O2. The molecule has 2 N–H and O–H groups in total. The van der Waals surface area contributed by atoms with Crippen LogP contribution in [-0.4, -0.2) is 45.9 Å². The third-order valence-corrected chi connectivity index (χ3v) is 3.31. The molecule has 0 bridgehead atoms. The van der Waals surface area contributed by atoms with E-state index in [9.17, 15) is 0 Å². The Hall–Kier alpha value is -1.75. The zero-order chi connectivity index (χ0) is 16.8. The molecule has 1 aromatic rings. The molecule has 5 nitrogen and oxygen atoms in total. The zero-order valence-corrected chi connectivity index (χ0v) is 14.7. The molecule has 0 unspecified atom stereocenters. The fourth-order valence-electron chi connectivity index (χ4n) is 2.00. The van der Waals surface area contributed by atoms with Gasteiger partial charge in [0.15, 0.2) is 5.96 Å². The van der Waals surface area contributed by atoms with Gasteiger partial charge in [-0.3, -0.25) is 4.99 Å². The molecule has 0 radical (unpaired) electrons. The molecular weight excluding hydrogens is 290 g/mol. The van der Waals surface area contributed by atoms with Gasteiger partial charge in [0.05, 0.1) is 19.8 Å². The molecule has 0 amide bonds. The van der Waals surface area contributed by atoms with E-state index in [-0.39, 0.29) is 0 Å². The predicted molar refractivity (Wildman–Crippen MR) is 96.4 cm³/mol. The Bertz CT molecular complexity index is 432. The Morgan fingerprint density at radius 2 is 1.87 bits per heavy atom. The van der Waals surface area contributed by atoms with Crippen molar-refractivity contribution in [3.63, 3.8) is 0 Å². The van der Waals surface area contributed by atoms with Gasteiger partial charge >= 0.3 is 0 Å². The van der Waals surface area contributed by atoms with E-state index >= 15 is 0 Å². The molecule has 0 heterocycles. The van der Waals surface area contributed by atoms with Crippen molar-refractivity contribution in [3.8, 4) is 5.75 Å². The first kappa shape index (κ1) is 19.3. The molecule has 0 saturated carbocycles. The van der Waals surface area contributed by atoms with E-state index in [1.165, 1.54) is 5.56 Å². The lowest BCUT2D eigenvalue weighted by molar-refractivity contribution is 0.208. The molecule has 1 aromatic carbocycles. The largest absolute Gasteiger partial charge is 0.494 e. The highest BCUT2D eigenvalue weighted by Gasteiger charge is 1.99. The minimum atomic E-state index is 0.635. The van der Waals surface area contributed by atoms with Crippen molar-refractivity contribution in [2.75, 3.05) is 40.0 Å². The number of benzene rings is 1. The number of methoxy groups -OCH3 is 1. The van der Waals surface area contributed by atoms with Gasteiger partial charge in [0.1, 0.15) is 5.75 Å². The fraction of sp³-hybridized carbons (Fsp3) is 0.611. The Balaban J connectivity index is 2.33.